The van der Waals surface area contributed by atoms with Gasteiger partial charge in [0.05, 0.1) is 11.4 Å². The highest BCUT2D eigenvalue weighted by atomic mass is 32.2. The fourth-order valence-corrected chi connectivity index (χ4v) is 3.20. The zero-order valence-electron chi connectivity index (χ0n) is 14.6. The molecule has 8 nitrogen and oxygen atoms in total. The molecule has 9 heteroatoms. The van der Waals surface area contributed by atoms with Crippen molar-refractivity contribution in [3.63, 3.8) is 0 Å². The SMILES string of the molecule is Cc1ccc(-c2nc(Cn3cc(S(=O)(=O)N(C)C)ccc3=O)no2)cc1. The van der Waals surface area contributed by atoms with Crippen molar-refractivity contribution in [3.05, 3.63) is 64.3 Å². The smallest absolute Gasteiger partial charge is 0.257 e. The molecular formula is C17H18N4O4S. The molecule has 0 aliphatic heterocycles. The molecule has 0 radical (unpaired) electrons. The first-order valence-electron chi connectivity index (χ1n) is 7.80. The number of hydrogen-bond acceptors (Lipinski definition) is 6. The molecule has 0 saturated carbocycles. The number of benzene rings is 1. The van der Waals surface area contributed by atoms with Crippen molar-refractivity contribution in [2.75, 3.05) is 14.1 Å². The molecule has 0 saturated heterocycles. The summed E-state index contributed by atoms with van der Waals surface area (Å²) in [5, 5.41) is 3.87. The van der Waals surface area contributed by atoms with Gasteiger partial charge in [-0.05, 0) is 25.1 Å². The van der Waals surface area contributed by atoms with Crippen LogP contribution in [0.15, 0.2) is 56.8 Å². The Morgan fingerprint density at radius 2 is 1.81 bits per heavy atom. The molecule has 0 unspecified atom stereocenters. The van der Waals surface area contributed by atoms with E-state index in [-0.39, 0.29) is 22.8 Å². The molecule has 0 bridgehead atoms. The summed E-state index contributed by atoms with van der Waals surface area (Å²) in [5.74, 6) is 0.618. The third kappa shape index (κ3) is 3.58. The molecule has 136 valence electrons. The van der Waals surface area contributed by atoms with Crippen LogP contribution in [0, 0.1) is 6.92 Å². The normalized spacial score (nSPS) is 11.8. The number of aryl methyl sites for hydroxylation is 1. The second-order valence-corrected chi connectivity index (χ2v) is 8.15. The highest BCUT2D eigenvalue weighted by molar-refractivity contribution is 7.89. The minimum absolute atomic E-state index is 0.00494. The summed E-state index contributed by atoms with van der Waals surface area (Å²) in [4.78, 5) is 16.3. The summed E-state index contributed by atoms with van der Waals surface area (Å²) >= 11 is 0. The van der Waals surface area contributed by atoms with E-state index in [1.165, 1.54) is 37.0 Å². The molecule has 2 heterocycles. The van der Waals surface area contributed by atoms with Crippen LogP contribution in [0.5, 0.6) is 0 Å². The Morgan fingerprint density at radius 1 is 1.12 bits per heavy atom. The van der Waals surface area contributed by atoms with Gasteiger partial charge in [0.25, 0.3) is 11.4 Å². The summed E-state index contributed by atoms with van der Waals surface area (Å²) in [7, 11) is -0.784. The second-order valence-electron chi connectivity index (χ2n) is 6.00. The van der Waals surface area contributed by atoms with Gasteiger partial charge in [0.2, 0.25) is 10.0 Å². The molecular weight excluding hydrogens is 356 g/mol. The van der Waals surface area contributed by atoms with Gasteiger partial charge in [0.1, 0.15) is 0 Å². The number of hydrogen-bond donors (Lipinski definition) is 0. The first-order valence-corrected chi connectivity index (χ1v) is 9.24. The van der Waals surface area contributed by atoms with Crippen LogP contribution in [0.2, 0.25) is 0 Å². The average molecular weight is 374 g/mol. The van der Waals surface area contributed by atoms with Crippen molar-refractivity contribution in [2.45, 2.75) is 18.4 Å². The van der Waals surface area contributed by atoms with Crippen LogP contribution in [0.25, 0.3) is 11.5 Å². The molecule has 1 aromatic carbocycles. The molecule has 0 spiro atoms. The Kier molecular flexibility index (Phi) is 4.75. The van der Waals surface area contributed by atoms with Crippen LogP contribution in [-0.2, 0) is 16.6 Å². The van der Waals surface area contributed by atoms with Crippen LogP contribution < -0.4 is 5.56 Å². The van der Waals surface area contributed by atoms with Crippen molar-refractivity contribution < 1.29 is 12.9 Å². The summed E-state index contributed by atoms with van der Waals surface area (Å²) in [6.07, 6.45) is 1.28. The molecule has 3 aromatic rings. The van der Waals surface area contributed by atoms with Crippen LogP contribution in [0.4, 0.5) is 0 Å². The molecule has 0 N–H and O–H groups in total. The van der Waals surface area contributed by atoms with E-state index in [4.69, 9.17) is 4.52 Å². The minimum Gasteiger partial charge on any atom is -0.334 e. The third-order valence-corrected chi connectivity index (χ3v) is 5.61. The standard InChI is InChI=1S/C17H18N4O4S/c1-12-4-6-13(7-5-12)17-18-15(19-25-17)11-21-10-14(8-9-16(21)22)26(23,24)20(2)3/h4-10H,11H2,1-3H3. The summed E-state index contributed by atoms with van der Waals surface area (Å²) in [5.41, 5.74) is 1.52. The second kappa shape index (κ2) is 6.85. The van der Waals surface area contributed by atoms with Crippen molar-refractivity contribution in [1.82, 2.24) is 19.0 Å². The van der Waals surface area contributed by atoms with Crippen molar-refractivity contribution in [3.8, 4) is 11.5 Å². The lowest BCUT2D eigenvalue weighted by Gasteiger charge is -2.12. The number of rotatable bonds is 5. The fourth-order valence-electron chi connectivity index (χ4n) is 2.28. The zero-order valence-corrected chi connectivity index (χ0v) is 15.4. The van der Waals surface area contributed by atoms with Gasteiger partial charge in [0, 0.05) is 31.9 Å². The topological polar surface area (TPSA) is 98.3 Å². The monoisotopic (exact) mass is 374 g/mol. The number of nitrogens with zero attached hydrogens (tertiary/aromatic N) is 4. The Hall–Kier alpha value is -2.78. The minimum atomic E-state index is -3.64. The predicted octanol–water partition coefficient (Wildman–Crippen LogP) is 1.51. The summed E-state index contributed by atoms with van der Waals surface area (Å²) in [6, 6.07) is 10.1. The van der Waals surface area contributed by atoms with E-state index in [9.17, 15) is 13.2 Å². The number of sulfonamides is 1. The van der Waals surface area contributed by atoms with E-state index in [0.717, 1.165) is 15.4 Å². The van der Waals surface area contributed by atoms with Gasteiger partial charge < -0.3 is 9.09 Å². The van der Waals surface area contributed by atoms with Crippen LogP contribution >= 0.6 is 0 Å². The van der Waals surface area contributed by atoms with Gasteiger partial charge in [-0.2, -0.15) is 4.98 Å². The van der Waals surface area contributed by atoms with Gasteiger partial charge in [-0.25, -0.2) is 12.7 Å². The first-order chi connectivity index (χ1) is 12.3. The van der Waals surface area contributed by atoms with Crippen molar-refractivity contribution in [1.29, 1.82) is 0 Å². The zero-order chi connectivity index (χ0) is 18.9. The van der Waals surface area contributed by atoms with E-state index in [1.54, 1.807) is 0 Å². The Balaban J connectivity index is 1.90. The highest BCUT2D eigenvalue weighted by Crippen LogP contribution is 2.18. The maximum Gasteiger partial charge on any atom is 0.257 e. The van der Waals surface area contributed by atoms with E-state index in [1.807, 2.05) is 31.2 Å². The van der Waals surface area contributed by atoms with Crippen LogP contribution in [-0.4, -0.2) is 41.5 Å². The fraction of sp³-hybridized carbons (Fsp3) is 0.235. The van der Waals surface area contributed by atoms with Crippen molar-refractivity contribution in [2.24, 2.45) is 0 Å². The molecule has 3 rings (SSSR count). The largest absolute Gasteiger partial charge is 0.334 e. The van der Waals surface area contributed by atoms with Gasteiger partial charge in [-0.15, -0.1) is 0 Å². The quantitative estimate of drug-likeness (QED) is 0.671. The first kappa shape index (κ1) is 18.0. The van der Waals surface area contributed by atoms with E-state index >= 15 is 0 Å². The van der Waals surface area contributed by atoms with Crippen LogP contribution in [0.3, 0.4) is 0 Å². The predicted molar refractivity (Wildman–Crippen MR) is 95.1 cm³/mol. The number of pyridine rings is 1. The molecule has 0 aliphatic rings. The van der Waals surface area contributed by atoms with E-state index < -0.39 is 10.0 Å². The lowest BCUT2D eigenvalue weighted by molar-refractivity contribution is 0.420. The lowest BCUT2D eigenvalue weighted by atomic mass is 10.1. The van der Waals surface area contributed by atoms with Gasteiger partial charge in [0.15, 0.2) is 5.82 Å². The van der Waals surface area contributed by atoms with E-state index in [0.29, 0.717) is 5.89 Å². The molecule has 26 heavy (non-hydrogen) atoms. The van der Waals surface area contributed by atoms with Crippen LogP contribution in [0.1, 0.15) is 11.4 Å². The van der Waals surface area contributed by atoms with Gasteiger partial charge >= 0.3 is 0 Å². The Bertz CT molecular complexity index is 1080. The average Bonchev–Trinajstić information content (AvgIpc) is 3.05. The van der Waals surface area contributed by atoms with Gasteiger partial charge in [-0.3, -0.25) is 4.79 Å². The Morgan fingerprint density at radius 3 is 2.46 bits per heavy atom. The number of aromatic nitrogens is 3. The maximum absolute atomic E-state index is 12.2. The summed E-state index contributed by atoms with van der Waals surface area (Å²) in [6.45, 7) is 1.98. The maximum atomic E-state index is 12.2. The van der Waals surface area contributed by atoms with E-state index in [2.05, 4.69) is 10.1 Å². The van der Waals surface area contributed by atoms with Crippen molar-refractivity contribution >= 4 is 10.0 Å². The summed E-state index contributed by atoms with van der Waals surface area (Å²) < 4.78 is 32.0. The molecule has 2 aromatic heterocycles. The lowest BCUT2D eigenvalue weighted by Crippen LogP contribution is -2.26. The third-order valence-electron chi connectivity index (χ3n) is 3.81. The molecule has 0 atom stereocenters. The molecule has 0 amide bonds. The molecule has 0 fully saturated rings. The highest BCUT2D eigenvalue weighted by Gasteiger charge is 2.19. The van der Waals surface area contributed by atoms with Gasteiger partial charge in [-0.1, -0.05) is 22.9 Å². The Labute approximate surface area is 150 Å². The molecule has 0 aliphatic carbocycles.